The Kier molecular flexibility index (Phi) is 9.53. The number of nitrogens with zero attached hydrogens (tertiary/aromatic N) is 1. The number of rotatable bonds is 10. The second-order valence-electron chi connectivity index (χ2n) is 8.29. The van der Waals surface area contributed by atoms with Crippen LogP contribution in [0.5, 0.6) is 0 Å². The number of aryl methyl sites for hydroxylation is 2. The van der Waals surface area contributed by atoms with Crippen molar-refractivity contribution in [2.45, 2.75) is 26.1 Å². The molecule has 0 atom stereocenters. The molecule has 0 aliphatic carbocycles. The molecular weight excluding hydrogens is 523 g/mol. The minimum atomic E-state index is -3.48. The van der Waals surface area contributed by atoms with E-state index < -0.39 is 10.0 Å². The summed E-state index contributed by atoms with van der Waals surface area (Å²) in [5, 5.41) is 3.99. The molecule has 0 saturated heterocycles. The SMILES string of the molecule is Cc1ccc(N(Cc2ccc(C(=O)NCCSCc3ccc(Cl)c(Cl)c3)cc2)S(C)(=O)=O)cc1C. The van der Waals surface area contributed by atoms with E-state index in [1.807, 2.05) is 44.2 Å². The molecule has 0 bridgehead atoms. The maximum Gasteiger partial charge on any atom is 0.251 e. The highest BCUT2D eigenvalue weighted by molar-refractivity contribution is 7.98. The van der Waals surface area contributed by atoms with Crippen molar-refractivity contribution in [1.82, 2.24) is 5.32 Å². The Balaban J connectivity index is 1.53. The molecule has 1 amide bonds. The zero-order valence-electron chi connectivity index (χ0n) is 19.8. The van der Waals surface area contributed by atoms with Crippen molar-refractivity contribution in [2.24, 2.45) is 0 Å². The molecule has 186 valence electrons. The van der Waals surface area contributed by atoms with Gasteiger partial charge in [0.25, 0.3) is 5.91 Å². The molecule has 35 heavy (non-hydrogen) atoms. The number of halogens is 2. The van der Waals surface area contributed by atoms with Gasteiger partial charge in [-0.05, 0) is 72.5 Å². The van der Waals surface area contributed by atoms with E-state index in [0.717, 1.165) is 33.8 Å². The Morgan fingerprint density at radius 3 is 2.23 bits per heavy atom. The first-order chi connectivity index (χ1) is 16.5. The molecular formula is C26H28Cl2N2O3S2. The van der Waals surface area contributed by atoms with Crippen LogP contribution in [0.15, 0.2) is 60.7 Å². The fourth-order valence-electron chi connectivity index (χ4n) is 3.37. The normalized spacial score (nSPS) is 11.3. The van der Waals surface area contributed by atoms with Crippen LogP contribution in [0, 0.1) is 13.8 Å². The third-order valence-electron chi connectivity index (χ3n) is 5.51. The van der Waals surface area contributed by atoms with E-state index in [0.29, 0.717) is 27.8 Å². The summed E-state index contributed by atoms with van der Waals surface area (Å²) in [6.07, 6.45) is 1.20. The van der Waals surface area contributed by atoms with Crippen LogP contribution in [0.1, 0.15) is 32.6 Å². The molecule has 3 rings (SSSR count). The summed E-state index contributed by atoms with van der Waals surface area (Å²) < 4.78 is 26.3. The monoisotopic (exact) mass is 550 g/mol. The number of thioether (sulfide) groups is 1. The van der Waals surface area contributed by atoms with E-state index in [-0.39, 0.29) is 12.5 Å². The van der Waals surface area contributed by atoms with Crippen LogP contribution < -0.4 is 9.62 Å². The van der Waals surface area contributed by atoms with E-state index in [1.54, 1.807) is 42.1 Å². The summed E-state index contributed by atoms with van der Waals surface area (Å²) in [5.74, 6) is 1.36. The van der Waals surface area contributed by atoms with Crippen molar-refractivity contribution in [3.63, 3.8) is 0 Å². The van der Waals surface area contributed by atoms with E-state index in [2.05, 4.69) is 5.32 Å². The maximum absolute atomic E-state index is 12.5. The third kappa shape index (κ3) is 7.90. The number of benzene rings is 3. The maximum atomic E-state index is 12.5. The van der Waals surface area contributed by atoms with Gasteiger partial charge in [-0.25, -0.2) is 8.42 Å². The molecule has 3 aromatic carbocycles. The van der Waals surface area contributed by atoms with Crippen molar-refractivity contribution in [3.05, 3.63) is 98.5 Å². The molecule has 0 radical (unpaired) electrons. The molecule has 0 aromatic heterocycles. The summed E-state index contributed by atoms with van der Waals surface area (Å²) in [6.45, 7) is 4.66. The van der Waals surface area contributed by atoms with Gasteiger partial charge in [-0.3, -0.25) is 9.10 Å². The predicted octanol–water partition coefficient (Wildman–Crippen LogP) is 6.24. The van der Waals surface area contributed by atoms with Crippen molar-refractivity contribution < 1.29 is 13.2 Å². The first-order valence-corrected chi connectivity index (χ1v) is 14.7. The first kappa shape index (κ1) is 27.4. The fraction of sp³-hybridized carbons (Fsp3) is 0.269. The van der Waals surface area contributed by atoms with Gasteiger partial charge in [0.05, 0.1) is 28.5 Å². The van der Waals surface area contributed by atoms with Crippen LogP contribution in [0.3, 0.4) is 0 Å². The van der Waals surface area contributed by atoms with Crippen molar-refractivity contribution >= 4 is 56.6 Å². The van der Waals surface area contributed by atoms with Crippen LogP contribution >= 0.6 is 35.0 Å². The van der Waals surface area contributed by atoms with Crippen LogP contribution in [0.2, 0.25) is 10.0 Å². The topological polar surface area (TPSA) is 66.5 Å². The number of anilines is 1. The Bertz CT molecular complexity index is 1300. The van der Waals surface area contributed by atoms with Gasteiger partial charge in [0.2, 0.25) is 10.0 Å². The highest BCUT2D eigenvalue weighted by Gasteiger charge is 2.18. The van der Waals surface area contributed by atoms with Gasteiger partial charge in [0.1, 0.15) is 0 Å². The Hall–Kier alpha value is -2.19. The fourth-order valence-corrected chi connectivity index (χ4v) is 5.37. The van der Waals surface area contributed by atoms with Gasteiger partial charge >= 0.3 is 0 Å². The minimum absolute atomic E-state index is 0.166. The molecule has 0 saturated carbocycles. The lowest BCUT2D eigenvalue weighted by molar-refractivity contribution is 0.0956. The molecule has 0 aliphatic rings. The zero-order valence-corrected chi connectivity index (χ0v) is 23.0. The number of carbonyl (C=O) groups excluding carboxylic acids is 1. The Labute approximate surface area is 221 Å². The van der Waals surface area contributed by atoms with E-state index in [1.165, 1.54) is 10.6 Å². The van der Waals surface area contributed by atoms with Crippen LogP contribution in [-0.4, -0.2) is 32.9 Å². The number of amides is 1. The summed E-state index contributed by atoms with van der Waals surface area (Å²) in [7, 11) is -3.48. The molecule has 1 N–H and O–H groups in total. The highest BCUT2D eigenvalue weighted by atomic mass is 35.5. The highest BCUT2D eigenvalue weighted by Crippen LogP contribution is 2.25. The van der Waals surface area contributed by atoms with Crippen molar-refractivity contribution in [3.8, 4) is 0 Å². The molecule has 9 heteroatoms. The van der Waals surface area contributed by atoms with Crippen LogP contribution in [-0.2, 0) is 22.3 Å². The first-order valence-electron chi connectivity index (χ1n) is 11.0. The standard InChI is InChI=1S/C26H28Cl2N2O3S2/c1-18-4-10-23(14-19(18)2)30(35(3,32)33)16-20-5-8-22(9-6-20)26(31)29-12-13-34-17-21-7-11-24(27)25(28)15-21/h4-11,14-15H,12-13,16-17H2,1-3H3,(H,29,31). The second kappa shape index (κ2) is 12.2. The number of nitrogens with one attached hydrogen (secondary N) is 1. The Morgan fingerprint density at radius 1 is 0.914 bits per heavy atom. The molecule has 0 aliphatic heterocycles. The minimum Gasteiger partial charge on any atom is -0.351 e. The van der Waals surface area contributed by atoms with E-state index >= 15 is 0 Å². The molecule has 0 heterocycles. The number of sulfonamides is 1. The lowest BCUT2D eigenvalue weighted by Crippen LogP contribution is -2.29. The summed E-state index contributed by atoms with van der Waals surface area (Å²) in [6, 6.07) is 18.2. The second-order valence-corrected chi connectivity index (χ2v) is 12.1. The molecule has 0 fully saturated rings. The zero-order chi connectivity index (χ0) is 25.6. The van der Waals surface area contributed by atoms with E-state index in [9.17, 15) is 13.2 Å². The van der Waals surface area contributed by atoms with Crippen molar-refractivity contribution in [1.29, 1.82) is 0 Å². The largest absolute Gasteiger partial charge is 0.351 e. The third-order valence-corrected chi connectivity index (χ3v) is 8.42. The lowest BCUT2D eigenvalue weighted by atomic mass is 10.1. The smallest absolute Gasteiger partial charge is 0.251 e. The molecule has 5 nitrogen and oxygen atoms in total. The molecule has 3 aromatic rings. The molecule has 0 unspecified atom stereocenters. The van der Waals surface area contributed by atoms with Crippen LogP contribution in [0.25, 0.3) is 0 Å². The summed E-state index contributed by atoms with van der Waals surface area (Å²) >= 11 is 13.7. The summed E-state index contributed by atoms with van der Waals surface area (Å²) in [5.41, 5.74) is 5.15. The number of hydrogen-bond acceptors (Lipinski definition) is 4. The van der Waals surface area contributed by atoms with Crippen molar-refractivity contribution in [2.75, 3.05) is 22.9 Å². The average Bonchev–Trinajstić information content (AvgIpc) is 2.81. The van der Waals surface area contributed by atoms with E-state index in [4.69, 9.17) is 23.2 Å². The Morgan fingerprint density at radius 2 is 1.60 bits per heavy atom. The molecule has 0 spiro atoms. The van der Waals surface area contributed by atoms with Gasteiger partial charge in [-0.15, -0.1) is 0 Å². The van der Waals surface area contributed by atoms with Gasteiger partial charge in [0, 0.05) is 23.6 Å². The van der Waals surface area contributed by atoms with Gasteiger partial charge in [-0.1, -0.05) is 47.5 Å². The van der Waals surface area contributed by atoms with Gasteiger partial charge in [0.15, 0.2) is 0 Å². The number of carbonyl (C=O) groups is 1. The van der Waals surface area contributed by atoms with Crippen LogP contribution in [0.4, 0.5) is 5.69 Å². The number of hydrogen-bond donors (Lipinski definition) is 1. The summed E-state index contributed by atoms with van der Waals surface area (Å²) in [4.78, 5) is 12.5. The van der Waals surface area contributed by atoms with Gasteiger partial charge in [-0.2, -0.15) is 11.8 Å². The lowest BCUT2D eigenvalue weighted by Gasteiger charge is -2.23. The predicted molar refractivity (Wildman–Crippen MR) is 148 cm³/mol. The quantitative estimate of drug-likeness (QED) is 0.303. The average molecular weight is 552 g/mol. The van der Waals surface area contributed by atoms with Gasteiger partial charge < -0.3 is 5.32 Å².